The van der Waals surface area contributed by atoms with E-state index in [0.29, 0.717) is 10.9 Å². The number of fused-ring (bicyclic) bond motifs is 1. The molecule has 12 heteroatoms. The number of terminal acetylenes is 1. The van der Waals surface area contributed by atoms with Gasteiger partial charge in [-0.25, -0.2) is 9.36 Å². The van der Waals surface area contributed by atoms with E-state index < -0.39 is 49.4 Å². The standard InChI is InChI=1S/C30H34N3O8P/c1-7-30(16-15-25(40-30)33-17-20(2)26(34)31-28(33)36)19-39-42(37,32-21(3)27(35)38-18-29(4,5)6)41-24-14-10-12-22-11-8-9-13-23(22)24/h1,8-17,21,25H,18-19H2,2-6H3,(H,32,37)(H,31,34,36)/t21-,25+,30-,42-/m0/s1. The molecule has 0 amide bonds. The number of nitrogens with zero attached hydrogens (tertiary/aromatic N) is 1. The van der Waals surface area contributed by atoms with Crippen LogP contribution < -0.4 is 20.9 Å². The van der Waals surface area contributed by atoms with Crippen molar-refractivity contribution in [2.24, 2.45) is 5.41 Å². The maximum absolute atomic E-state index is 14.2. The lowest BCUT2D eigenvalue weighted by molar-refractivity contribution is -0.148. The van der Waals surface area contributed by atoms with E-state index in [0.717, 1.165) is 5.39 Å². The zero-order chi connectivity index (χ0) is 30.7. The van der Waals surface area contributed by atoms with Crippen LogP contribution in [0.4, 0.5) is 0 Å². The van der Waals surface area contributed by atoms with Crippen LogP contribution in [0.1, 0.15) is 39.5 Å². The molecule has 0 radical (unpaired) electrons. The van der Waals surface area contributed by atoms with E-state index in [9.17, 15) is 18.9 Å². The number of aromatic nitrogens is 2. The van der Waals surface area contributed by atoms with Gasteiger partial charge < -0.3 is 14.0 Å². The molecule has 11 nitrogen and oxygen atoms in total. The summed E-state index contributed by atoms with van der Waals surface area (Å²) in [5.41, 5.74) is -2.74. The molecule has 42 heavy (non-hydrogen) atoms. The van der Waals surface area contributed by atoms with Crippen molar-refractivity contribution in [2.45, 2.75) is 52.5 Å². The SMILES string of the molecule is C#C[C@@]1(CO[P@@](=O)(N[C@@H](C)C(=O)OCC(C)(C)C)Oc2cccc3ccccc23)C=C[C@H](n2cc(C)c(=O)[nH]c2=O)O1. The summed E-state index contributed by atoms with van der Waals surface area (Å²) in [4.78, 5) is 39.2. The van der Waals surface area contributed by atoms with Crippen molar-refractivity contribution >= 4 is 24.5 Å². The normalized spacial score (nSPS) is 20.5. The van der Waals surface area contributed by atoms with E-state index in [1.807, 2.05) is 45.0 Å². The number of ether oxygens (including phenoxy) is 2. The second kappa shape index (κ2) is 12.1. The van der Waals surface area contributed by atoms with Crippen LogP contribution in [-0.4, -0.2) is 40.4 Å². The Kier molecular flexibility index (Phi) is 8.95. The zero-order valence-corrected chi connectivity index (χ0v) is 25.0. The minimum Gasteiger partial charge on any atom is -0.464 e. The lowest BCUT2D eigenvalue weighted by Gasteiger charge is -2.28. The molecule has 4 atom stereocenters. The minimum absolute atomic E-state index is 0.150. The van der Waals surface area contributed by atoms with Gasteiger partial charge in [0.2, 0.25) is 0 Å². The highest BCUT2D eigenvalue weighted by molar-refractivity contribution is 7.52. The Balaban J connectivity index is 1.59. The second-order valence-electron chi connectivity index (χ2n) is 11.2. The Labute approximate surface area is 243 Å². The largest absolute Gasteiger partial charge is 0.464 e. The Morgan fingerprint density at radius 2 is 1.95 bits per heavy atom. The zero-order valence-electron chi connectivity index (χ0n) is 24.1. The third-order valence-electron chi connectivity index (χ3n) is 6.30. The lowest BCUT2D eigenvalue weighted by Crippen LogP contribution is -2.39. The first-order chi connectivity index (χ1) is 19.7. The fraction of sp³-hybridized carbons (Fsp3) is 0.367. The van der Waals surface area contributed by atoms with Crippen LogP contribution in [0.15, 0.2) is 70.4 Å². The Morgan fingerprint density at radius 1 is 1.24 bits per heavy atom. The predicted octanol–water partition coefficient (Wildman–Crippen LogP) is 4.23. The Bertz CT molecular complexity index is 1710. The summed E-state index contributed by atoms with van der Waals surface area (Å²) >= 11 is 0. The molecule has 2 aromatic carbocycles. The van der Waals surface area contributed by atoms with Crippen LogP contribution in [0.25, 0.3) is 10.8 Å². The Hall–Kier alpha value is -3.94. The van der Waals surface area contributed by atoms with Crippen molar-refractivity contribution in [3.63, 3.8) is 0 Å². The van der Waals surface area contributed by atoms with Gasteiger partial charge in [0, 0.05) is 17.1 Å². The van der Waals surface area contributed by atoms with Crippen molar-refractivity contribution in [3.05, 3.63) is 87.2 Å². The number of hydrogen-bond donors (Lipinski definition) is 2. The average molecular weight is 596 g/mol. The molecule has 2 heterocycles. The van der Waals surface area contributed by atoms with Crippen LogP contribution in [0.2, 0.25) is 0 Å². The second-order valence-corrected chi connectivity index (χ2v) is 12.9. The number of nitrogens with one attached hydrogen (secondary N) is 2. The summed E-state index contributed by atoms with van der Waals surface area (Å²) in [6, 6.07) is 11.5. The van der Waals surface area contributed by atoms with Crippen molar-refractivity contribution in [1.82, 2.24) is 14.6 Å². The molecule has 0 spiro atoms. The summed E-state index contributed by atoms with van der Waals surface area (Å²) < 4.78 is 38.6. The monoisotopic (exact) mass is 595 g/mol. The van der Waals surface area contributed by atoms with Gasteiger partial charge in [-0.3, -0.25) is 23.7 Å². The predicted molar refractivity (Wildman–Crippen MR) is 158 cm³/mol. The van der Waals surface area contributed by atoms with E-state index in [4.69, 9.17) is 24.9 Å². The fourth-order valence-electron chi connectivity index (χ4n) is 4.04. The van der Waals surface area contributed by atoms with Crippen molar-refractivity contribution in [1.29, 1.82) is 0 Å². The highest BCUT2D eigenvalue weighted by atomic mass is 31.2. The average Bonchev–Trinajstić information content (AvgIpc) is 3.37. The summed E-state index contributed by atoms with van der Waals surface area (Å²) in [6.45, 7) is 8.46. The fourth-order valence-corrected chi connectivity index (χ4v) is 5.58. The minimum atomic E-state index is -4.32. The third-order valence-corrected chi connectivity index (χ3v) is 7.90. The topological polar surface area (TPSA) is 138 Å². The number of benzene rings is 2. The number of hydrogen-bond acceptors (Lipinski definition) is 8. The molecule has 0 saturated carbocycles. The van der Waals surface area contributed by atoms with Crippen molar-refractivity contribution in [2.75, 3.05) is 13.2 Å². The Morgan fingerprint density at radius 3 is 2.67 bits per heavy atom. The van der Waals surface area contributed by atoms with E-state index in [2.05, 4.69) is 16.0 Å². The number of carbonyl (C=O) groups is 1. The number of aryl methyl sites for hydroxylation is 1. The molecule has 1 aliphatic rings. The van der Waals surface area contributed by atoms with Crippen LogP contribution >= 0.6 is 7.75 Å². The molecule has 2 N–H and O–H groups in total. The summed E-state index contributed by atoms with van der Waals surface area (Å²) in [7, 11) is -4.32. The maximum atomic E-state index is 14.2. The molecule has 0 bridgehead atoms. The van der Waals surface area contributed by atoms with E-state index >= 15 is 0 Å². The van der Waals surface area contributed by atoms with Crippen LogP contribution in [0, 0.1) is 24.7 Å². The van der Waals surface area contributed by atoms with Crippen LogP contribution in [0.3, 0.4) is 0 Å². The van der Waals surface area contributed by atoms with E-state index in [1.165, 1.54) is 29.8 Å². The van der Waals surface area contributed by atoms with Gasteiger partial charge in [-0.1, -0.05) is 63.1 Å². The quantitative estimate of drug-likeness (QED) is 0.153. The molecule has 222 valence electrons. The third kappa shape index (κ3) is 7.27. The van der Waals surface area contributed by atoms with Crippen molar-refractivity contribution in [3.8, 4) is 18.1 Å². The molecular weight excluding hydrogens is 561 g/mol. The molecule has 0 aliphatic carbocycles. The summed E-state index contributed by atoms with van der Waals surface area (Å²) in [5.74, 6) is 2.09. The highest BCUT2D eigenvalue weighted by Crippen LogP contribution is 2.48. The molecule has 1 aliphatic heterocycles. The van der Waals surface area contributed by atoms with Crippen LogP contribution in [-0.2, 0) is 23.4 Å². The number of esters is 1. The summed E-state index contributed by atoms with van der Waals surface area (Å²) in [6.07, 6.45) is 9.22. The van der Waals surface area contributed by atoms with Gasteiger partial charge in [0.05, 0.1) is 6.61 Å². The molecule has 4 rings (SSSR count). The van der Waals surface area contributed by atoms with Crippen molar-refractivity contribution < 1.29 is 27.9 Å². The number of aromatic amines is 1. The number of rotatable bonds is 10. The number of H-pyrrole nitrogens is 1. The molecular formula is C30H34N3O8P. The maximum Gasteiger partial charge on any atom is 0.459 e. The van der Waals surface area contributed by atoms with E-state index in [-0.39, 0.29) is 17.8 Å². The first-order valence-corrected chi connectivity index (χ1v) is 14.8. The van der Waals surface area contributed by atoms with Gasteiger partial charge in [-0.15, -0.1) is 6.42 Å². The van der Waals surface area contributed by atoms with Gasteiger partial charge in [0.15, 0.2) is 11.8 Å². The van der Waals surface area contributed by atoms with Gasteiger partial charge in [-0.2, -0.15) is 5.09 Å². The molecule has 0 saturated heterocycles. The van der Waals surface area contributed by atoms with Gasteiger partial charge in [0.25, 0.3) is 5.56 Å². The molecule has 1 aromatic heterocycles. The molecule has 3 aromatic rings. The highest BCUT2D eigenvalue weighted by Gasteiger charge is 2.41. The number of carbonyl (C=O) groups excluding carboxylic acids is 1. The smallest absolute Gasteiger partial charge is 0.459 e. The molecule has 0 fully saturated rings. The lowest BCUT2D eigenvalue weighted by atomic mass is 9.99. The molecule has 0 unspecified atom stereocenters. The van der Waals surface area contributed by atoms with Gasteiger partial charge in [-0.05, 0) is 42.9 Å². The van der Waals surface area contributed by atoms with Gasteiger partial charge in [0.1, 0.15) is 18.4 Å². The van der Waals surface area contributed by atoms with Gasteiger partial charge >= 0.3 is 19.4 Å². The first kappa shape index (κ1) is 31.0. The van der Waals surface area contributed by atoms with Crippen LogP contribution in [0.5, 0.6) is 5.75 Å². The van der Waals surface area contributed by atoms with E-state index in [1.54, 1.807) is 25.1 Å². The summed E-state index contributed by atoms with van der Waals surface area (Å²) in [5, 5.41) is 4.18. The first-order valence-electron chi connectivity index (χ1n) is 13.3.